The Hall–Kier alpha value is -3.02. The van der Waals surface area contributed by atoms with Gasteiger partial charge in [0.05, 0.1) is 17.5 Å². The molecule has 3 heterocycles. The van der Waals surface area contributed by atoms with Gasteiger partial charge in [0.15, 0.2) is 0 Å². The summed E-state index contributed by atoms with van der Waals surface area (Å²) >= 11 is 7.51. The van der Waals surface area contributed by atoms with Gasteiger partial charge in [-0.25, -0.2) is 15.0 Å². The van der Waals surface area contributed by atoms with Gasteiger partial charge in [0.2, 0.25) is 11.9 Å². The number of nitrogens with one attached hydrogen (secondary N) is 1. The van der Waals surface area contributed by atoms with Crippen LogP contribution < -0.4 is 5.32 Å². The lowest BCUT2D eigenvalue weighted by Crippen LogP contribution is -2.27. The van der Waals surface area contributed by atoms with E-state index >= 15 is 0 Å². The van der Waals surface area contributed by atoms with Crippen LogP contribution in [0.25, 0.3) is 11.3 Å². The summed E-state index contributed by atoms with van der Waals surface area (Å²) in [5, 5.41) is 16.2. The highest BCUT2D eigenvalue weighted by Crippen LogP contribution is 2.30. The summed E-state index contributed by atoms with van der Waals surface area (Å²) in [6.07, 6.45) is 4.06. The van der Waals surface area contributed by atoms with Crippen molar-refractivity contribution >= 4 is 34.8 Å². The van der Waals surface area contributed by atoms with Crippen molar-refractivity contribution in [1.82, 2.24) is 19.9 Å². The van der Waals surface area contributed by atoms with E-state index in [1.54, 1.807) is 12.3 Å². The first-order valence-electron chi connectivity index (χ1n) is 10.1. The highest BCUT2D eigenvalue weighted by molar-refractivity contribution is 7.10. The van der Waals surface area contributed by atoms with E-state index in [2.05, 4.69) is 26.3 Å². The molecule has 1 aliphatic heterocycles. The molecular formula is C22H21ClN6OS. The Morgan fingerprint density at radius 3 is 3.00 bits per heavy atom. The minimum atomic E-state index is -0.580. The number of carbonyl (C=O) groups is 1. The number of carbonyl (C=O) groups excluding carboxylic acids is 1. The lowest BCUT2D eigenvalue weighted by Gasteiger charge is -2.15. The highest BCUT2D eigenvalue weighted by Gasteiger charge is 2.21. The molecule has 1 fully saturated rings. The largest absolute Gasteiger partial charge is 0.354 e. The number of anilines is 1. The van der Waals surface area contributed by atoms with Crippen molar-refractivity contribution < 1.29 is 4.79 Å². The third-order valence-electron chi connectivity index (χ3n) is 5.05. The van der Waals surface area contributed by atoms with E-state index in [0.717, 1.165) is 37.2 Å². The van der Waals surface area contributed by atoms with Gasteiger partial charge >= 0.3 is 0 Å². The number of nitriles is 1. The SMILES string of the molecule is N#CC(c1ccnc(NCCCN2CCCC2=O)n1)c1nc(-c2cccc(Cl)c2)cs1. The molecule has 0 saturated carbocycles. The predicted octanol–water partition coefficient (Wildman–Crippen LogP) is 4.33. The summed E-state index contributed by atoms with van der Waals surface area (Å²) in [5.41, 5.74) is 2.29. The van der Waals surface area contributed by atoms with E-state index in [-0.39, 0.29) is 5.91 Å². The zero-order chi connectivity index (χ0) is 21.6. The molecule has 1 amide bonds. The Morgan fingerprint density at radius 1 is 1.32 bits per heavy atom. The van der Waals surface area contributed by atoms with Crippen LogP contribution in [0.2, 0.25) is 5.02 Å². The van der Waals surface area contributed by atoms with Crippen molar-refractivity contribution in [3.8, 4) is 17.3 Å². The van der Waals surface area contributed by atoms with Crippen LogP contribution in [0.4, 0.5) is 5.95 Å². The smallest absolute Gasteiger partial charge is 0.222 e. The number of likely N-dealkylation sites (tertiary alicyclic amines) is 1. The number of amides is 1. The Morgan fingerprint density at radius 2 is 2.23 bits per heavy atom. The molecule has 0 radical (unpaired) electrons. The fourth-order valence-corrected chi connectivity index (χ4v) is 4.55. The molecule has 1 unspecified atom stereocenters. The molecule has 3 aromatic rings. The van der Waals surface area contributed by atoms with E-state index in [1.807, 2.05) is 34.5 Å². The second kappa shape index (κ2) is 9.86. The highest BCUT2D eigenvalue weighted by atomic mass is 35.5. The lowest BCUT2D eigenvalue weighted by atomic mass is 10.1. The molecule has 0 bridgehead atoms. The average Bonchev–Trinajstić information content (AvgIpc) is 3.42. The number of nitrogens with zero attached hydrogens (tertiary/aromatic N) is 5. The Bertz CT molecular complexity index is 1110. The topological polar surface area (TPSA) is 94.8 Å². The van der Waals surface area contributed by atoms with Crippen molar-refractivity contribution in [2.75, 3.05) is 25.0 Å². The maximum Gasteiger partial charge on any atom is 0.222 e. The quantitative estimate of drug-likeness (QED) is 0.511. The van der Waals surface area contributed by atoms with Gasteiger partial charge in [-0.15, -0.1) is 11.3 Å². The van der Waals surface area contributed by atoms with E-state index in [9.17, 15) is 10.1 Å². The van der Waals surface area contributed by atoms with E-state index in [0.29, 0.717) is 34.6 Å². The molecule has 2 aromatic heterocycles. The zero-order valence-corrected chi connectivity index (χ0v) is 18.4. The average molecular weight is 453 g/mol. The standard InChI is InChI=1S/C22H21ClN6OS/c23-16-5-1-4-15(12-16)19-14-31-21(27-19)17(13-24)18-7-9-26-22(28-18)25-8-3-11-29-10-2-6-20(29)30/h1,4-5,7,9,12,14,17H,2-3,6,8,10-11H2,(H,25,26,28). The third kappa shape index (κ3) is 5.19. The van der Waals surface area contributed by atoms with Gasteiger partial charge in [-0.1, -0.05) is 23.7 Å². The van der Waals surface area contributed by atoms with E-state index in [1.165, 1.54) is 11.3 Å². The number of rotatable bonds is 8. The van der Waals surface area contributed by atoms with Crippen molar-refractivity contribution in [3.63, 3.8) is 0 Å². The lowest BCUT2D eigenvalue weighted by molar-refractivity contribution is -0.127. The first kappa shape index (κ1) is 21.2. The van der Waals surface area contributed by atoms with Gasteiger partial charge < -0.3 is 10.2 Å². The van der Waals surface area contributed by atoms with Crippen molar-refractivity contribution in [2.45, 2.75) is 25.2 Å². The van der Waals surface area contributed by atoms with Crippen molar-refractivity contribution in [1.29, 1.82) is 5.26 Å². The molecule has 1 saturated heterocycles. The van der Waals surface area contributed by atoms with E-state index < -0.39 is 5.92 Å². The Labute approximate surface area is 189 Å². The van der Waals surface area contributed by atoms with Crippen LogP contribution in [-0.4, -0.2) is 45.4 Å². The number of thiazole rings is 1. The fraction of sp³-hybridized carbons (Fsp3) is 0.318. The van der Waals surface area contributed by atoms with E-state index in [4.69, 9.17) is 11.6 Å². The van der Waals surface area contributed by atoms with Crippen molar-refractivity contribution in [3.05, 3.63) is 57.6 Å². The van der Waals surface area contributed by atoms with Crippen LogP contribution in [0.1, 0.15) is 35.9 Å². The van der Waals surface area contributed by atoms with Crippen LogP contribution in [0.3, 0.4) is 0 Å². The van der Waals surface area contributed by atoms with Crippen LogP contribution >= 0.6 is 22.9 Å². The summed E-state index contributed by atoms with van der Waals surface area (Å²) in [7, 11) is 0. The van der Waals surface area contributed by atoms with Crippen molar-refractivity contribution in [2.24, 2.45) is 0 Å². The van der Waals surface area contributed by atoms with Crippen LogP contribution in [0.5, 0.6) is 0 Å². The normalized spacial score (nSPS) is 14.5. The fourth-order valence-electron chi connectivity index (χ4n) is 3.48. The molecule has 31 heavy (non-hydrogen) atoms. The number of halogens is 1. The third-order valence-corrected chi connectivity index (χ3v) is 6.20. The molecule has 7 nitrogen and oxygen atoms in total. The zero-order valence-electron chi connectivity index (χ0n) is 16.8. The molecule has 0 aliphatic carbocycles. The summed E-state index contributed by atoms with van der Waals surface area (Å²) in [4.78, 5) is 27.0. The molecular weight excluding hydrogens is 432 g/mol. The van der Waals surface area contributed by atoms with Gasteiger partial charge in [0, 0.05) is 48.2 Å². The Balaban J connectivity index is 1.41. The maximum atomic E-state index is 11.7. The molecule has 4 rings (SSSR count). The predicted molar refractivity (Wildman–Crippen MR) is 121 cm³/mol. The van der Waals surface area contributed by atoms with Crippen LogP contribution in [0, 0.1) is 11.3 Å². The maximum absolute atomic E-state index is 11.7. The molecule has 1 atom stereocenters. The summed E-state index contributed by atoms with van der Waals surface area (Å²) in [6.45, 7) is 2.23. The second-order valence-electron chi connectivity index (χ2n) is 7.21. The number of hydrogen-bond acceptors (Lipinski definition) is 7. The Kier molecular flexibility index (Phi) is 6.75. The van der Waals surface area contributed by atoms with Gasteiger partial charge in [0.1, 0.15) is 10.9 Å². The second-order valence-corrected chi connectivity index (χ2v) is 8.54. The molecule has 1 N–H and O–H groups in total. The van der Waals surface area contributed by atoms with Crippen LogP contribution in [0.15, 0.2) is 41.9 Å². The van der Waals surface area contributed by atoms with Gasteiger partial charge in [0.25, 0.3) is 0 Å². The van der Waals surface area contributed by atoms with Gasteiger partial charge in [-0.3, -0.25) is 4.79 Å². The van der Waals surface area contributed by atoms with Gasteiger partial charge in [-0.2, -0.15) is 5.26 Å². The number of benzene rings is 1. The summed E-state index contributed by atoms with van der Waals surface area (Å²) in [5.74, 6) is 0.122. The van der Waals surface area contributed by atoms with Gasteiger partial charge in [-0.05, 0) is 31.0 Å². The summed E-state index contributed by atoms with van der Waals surface area (Å²) in [6, 6.07) is 11.5. The molecule has 158 valence electrons. The molecule has 9 heteroatoms. The molecule has 1 aliphatic rings. The minimum Gasteiger partial charge on any atom is -0.354 e. The first-order chi connectivity index (χ1) is 15.1. The summed E-state index contributed by atoms with van der Waals surface area (Å²) < 4.78 is 0. The number of aromatic nitrogens is 3. The monoisotopic (exact) mass is 452 g/mol. The minimum absolute atomic E-state index is 0.232. The number of hydrogen-bond donors (Lipinski definition) is 1. The molecule has 1 aromatic carbocycles. The van der Waals surface area contributed by atoms with Crippen LogP contribution in [-0.2, 0) is 4.79 Å². The molecule has 0 spiro atoms. The first-order valence-corrected chi connectivity index (χ1v) is 11.4.